The Bertz CT molecular complexity index is 757. The first-order valence-electron chi connectivity index (χ1n) is 5.48. The van der Waals surface area contributed by atoms with Gasteiger partial charge in [0.15, 0.2) is 0 Å². The van der Waals surface area contributed by atoms with Crippen molar-refractivity contribution < 1.29 is 4.39 Å². The molecule has 3 aromatic rings. The normalized spacial score (nSPS) is 10.8. The van der Waals surface area contributed by atoms with Gasteiger partial charge in [0.2, 0.25) is 0 Å². The smallest absolute Gasteiger partial charge is 0.143 e. The number of nitrogens with two attached hydrogens (primary N) is 1. The van der Waals surface area contributed by atoms with Crippen LogP contribution in [-0.2, 0) is 0 Å². The third-order valence-electron chi connectivity index (χ3n) is 2.70. The fraction of sp³-hybridized carbons (Fsp3) is 0. The van der Waals surface area contributed by atoms with Crippen LogP contribution in [0.15, 0.2) is 35.8 Å². The van der Waals surface area contributed by atoms with Crippen LogP contribution in [0.1, 0.15) is 0 Å². The minimum absolute atomic E-state index is 0.0376. The minimum atomic E-state index is -0.525. The molecule has 0 aliphatic carbocycles. The lowest BCUT2D eigenvalue weighted by Gasteiger charge is -2.10. The first-order valence-corrected chi connectivity index (χ1v) is 6.74. The summed E-state index contributed by atoms with van der Waals surface area (Å²) in [5.74, 6) is -0.525. The maximum Gasteiger partial charge on any atom is 0.143 e. The van der Waals surface area contributed by atoms with Crippen LogP contribution in [0.25, 0.3) is 10.2 Å². The summed E-state index contributed by atoms with van der Waals surface area (Å²) < 4.78 is 14.3. The summed E-state index contributed by atoms with van der Waals surface area (Å²) in [6.45, 7) is 0. The van der Waals surface area contributed by atoms with Gasteiger partial charge in [0.05, 0.1) is 32.1 Å². The summed E-state index contributed by atoms with van der Waals surface area (Å²) in [5.41, 5.74) is 10.2. The van der Waals surface area contributed by atoms with Gasteiger partial charge in [0, 0.05) is 11.8 Å². The number of nitrogens with zero attached hydrogens (tertiary/aromatic N) is 1. The van der Waals surface area contributed by atoms with E-state index in [9.17, 15) is 4.39 Å². The van der Waals surface area contributed by atoms with Crippen LogP contribution >= 0.6 is 22.9 Å². The van der Waals surface area contributed by atoms with E-state index in [0.29, 0.717) is 11.4 Å². The van der Waals surface area contributed by atoms with Crippen molar-refractivity contribution in [3.05, 3.63) is 46.7 Å². The van der Waals surface area contributed by atoms with Gasteiger partial charge >= 0.3 is 0 Å². The number of anilines is 3. The van der Waals surface area contributed by atoms with E-state index in [1.807, 2.05) is 18.2 Å². The largest absolute Gasteiger partial charge is 0.397 e. The first-order chi connectivity index (χ1) is 9.13. The topological polar surface area (TPSA) is 50.9 Å². The molecular formula is C13H9ClFN3S. The Balaban J connectivity index is 1.98. The van der Waals surface area contributed by atoms with Crippen LogP contribution in [0.2, 0.25) is 5.02 Å². The number of nitrogen functional groups attached to an aromatic ring is 1. The van der Waals surface area contributed by atoms with Gasteiger partial charge in [0.1, 0.15) is 5.82 Å². The average Bonchev–Trinajstić information content (AvgIpc) is 2.83. The highest BCUT2D eigenvalue weighted by Gasteiger charge is 2.07. The van der Waals surface area contributed by atoms with Gasteiger partial charge in [0.25, 0.3) is 0 Å². The van der Waals surface area contributed by atoms with Crippen molar-refractivity contribution in [1.29, 1.82) is 0 Å². The Morgan fingerprint density at radius 3 is 2.95 bits per heavy atom. The third kappa shape index (κ3) is 2.34. The molecule has 1 heterocycles. The molecule has 6 heteroatoms. The van der Waals surface area contributed by atoms with Crippen LogP contribution in [0.5, 0.6) is 0 Å². The molecule has 0 spiro atoms. The van der Waals surface area contributed by atoms with Gasteiger partial charge in [-0.2, -0.15) is 0 Å². The summed E-state index contributed by atoms with van der Waals surface area (Å²) in [7, 11) is 0. The summed E-state index contributed by atoms with van der Waals surface area (Å²) in [4.78, 5) is 4.21. The lowest BCUT2D eigenvalue weighted by Crippen LogP contribution is -1.97. The molecule has 0 atom stereocenters. The number of benzene rings is 2. The summed E-state index contributed by atoms with van der Waals surface area (Å²) >= 11 is 7.30. The zero-order chi connectivity index (χ0) is 13.4. The van der Waals surface area contributed by atoms with Crippen LogP contribution in [0.3, 0.4) is 0 Å². The van der Waals surface area contributed by atoms with Gasteiger partial charge in [-0.3, -0.25) is 0 Å². The van der Waals surface area contributed by atoms with Gasteiger partial charge in [-0.1, -0.05) is 11.6 Å². The van der Waals surface area contributed by atoms with Crippen LogP contribution in [0, 0.1) is 5.82 Å². The van der Waals surface area contributed by atoms with E-state index >= 15 is 0 Å². The summed E-state index contributed by atoms with van der Waals surface area (Å²) in [5, 5.41) is 3.16. The Morgan fingerprint density at radius 1 is 1.26 bits per heavy atom. The van der Waals surface area contributed by atoms with E-state index < -0.39 is 5.82 Å². The molecule has 0 radical (unpaired) electrons. The third-order valence-corrected chi connectivity index (χ3v) is 3.78. The maximum absolute atomic E-state index is 13.2. The molecule has 0 saturated carbocycles. The number of fused-ring (bicyclic) bond motifs is 1. The molecule has 0 aliphatic heterocycles. The molecule has 0 unspecified atom stereocenters. The van der Waals surface area contributed by atoms with Gasteiger partial charge < -0.3 is 11.1 Å². The zero-order valence-corrected chi connectivity index (χ0v) is 11.2. The highest BCUT2D eigenvalue weighted by Crippen LogP contribution is 2.30. The molecule has 3 rings (SSSR count). The maximum atomic E-state index is 13.2. The van der Waals surface area contributed by atoms with Gasteiger partial charge in [-0.15, -0.1) is 11.3 Å². The SMILES string of the molecule is Nc1cc(F)c(Cl)cc1Nc1ccc2ncsc2c1. The molecule has 3 N–H and O–H groups in total. The van der Waals surface area contributed by atoms with Crippen molar-refractivity contribution in [3.63, 3.8) is 0 Å². The average molecular weight is 294 g/mol. The molecule has 0 fully saturated rings. The molecular weight excluding hydrogens is 285 g/mol. The molecule has 96 valence electrons. The number of rotatable bonds is 2. The van der Waals surface area contributed by atoms with Crippen molar-refractivity contribution in [1.82, 2.24) is 4.98 Å². The predicted octanol–water partition coefficient (Wildman–Crippen LogP) is 4.41. The van der Waals surface area contributed by atoms with Crippen LogP contribution < -0.4 is 11.1 Å². The fourth-order valence-corrected chi connectivity index (χ4v) is 2.64. The zero-order valence-electron chi connectivity index (χ0n) is 9.65. The first kappa shape index (κ1) is 12.2. The van der Waals surface area contributed by atoms with Crippen molar-refractivity contribution in [2.75, 3.05) is 11.1 Å². The van der Waals surface area contributed by atoms with E-state index in [1.54, 1.807) is 16.8 Å². The molecule has 2 aromatic carbocycles. The standard InChI is InChI=1S/C13H9ClFN3S/c14-8-4-12(10(16)5-9(8)15)18-7-1-2-11-13(3-7)19-6-17-11/h1-6,18H,16H2. The second kappa shape index (κ2) is 4.68. The number of nitrogens with one attached hydrogen (secondary N) is 1. The molecule has 3 nitrogen and oxygen atoms in total. The number of aromatic nitrogens is 1. The number of hydrogen-bond acceptors (Lipinski definition) is 4. The molecule has 0 bridgehead atoms. The number of hydrogen-bond donors (Lipinski definition) is 2. The number of halogens is 2. The minimum Gasteiger partial charge on any atom is -0.397 e. The number of thiazole rings is 1. The lowest BCUT2D eigenvalue weighted by atomic mass is 10.2. The van der Waals surface area contributed by atoms with Gasteiger partial charge in [-0.25, -0.2) is 9.37 Å². The molecule has 0 amide bonds. The Morgan fingerprint density at radius 2 is 2.11 bits per heavy atom. The molecule has 0 saturated heterocycles. The second-order valence-corrected chi connectivity index (χ2v) is 5.31. The van der Waals surface area contributed by atoms with Crippen molar-refractivity contribution in [2.24, 2.45) is 0 Å². The molecule has 0 aliphatic rings. The Kier molecular flexibility index (Phi) is 3.00. The quantitative estimate of drug-likeness (QED) is 0.688. The Labute approximate surface area is 117 Å². The highest BCUT2D eigenvalue weighted by molar-refractivity contribution is 7.16. The summed E-state index contributed by atoms with van der Waals surface area (Å²) in [6.07, 6.45) is 0. The monoisotopic (exact) mass is 293 g/mol. The van der Waals surface area contributed by atoms with Crippen molar-refractivity contribution in [3.8, 4) is 0 Å². The lowest BCUT2D eigenvalue weighted by molar-refractivity contribution is 0.629. The van der Waals surface area contributed by atoms with Crippen LogP contribution in [0.4, 0.5) is 21.5 Å². The second-order valence-electron chi connectivity index (χ2n) is 4.01. The van der Waals surface area contributed by atoms with E-state index in [2.05, 4.69) is 10.3 Å². The van der Waals surface area contributed by atoms with Crippen molar-refractivity contribution in [2.45, 2.75) is 0 Å². The van der Waals surface area contributed by atoms with Gasteiger partial charge in [-0.05, 0) is 24.3 Å². The molecule has 1 aromatic heterocycles. The van der Waals surface area contributed by atoms with E-state index in [-0.39, 0.29) is 5.02 Å². The Hall–Kier alpha value is -1.85. The fourth-order valence-electron chi connectivity index (χ4n) is 1.76. The summed E-state index contributed by atoms with van der Waals surface area (Å²) in [6, 6.07) is 8.44. The van der Waals surface area contributed by atoms with E-state index in [1.165, 1.54) is 12.1 Å². The van der Waals surface area contributed by atoms with Crippen molar-refractivity contribution >= 4 is 50.2 Å². The van der Waals surface area contributed by atoms with E-state index in [4.69, 9.17) is 17.3 Å². The molecule has 19 heavy (non-hydrogen) atoms. The highest BCUT2D eigenvalue weighted by atomic mass is 35.5. The van der Waals surface area contributed by atoms with E-state index in [0.717, 1.165) is 15.9 Å². The van der Waals surface area contributed by atoms with Crippen LogP contribution in [-0.4, -0.2) is 4.98 Å². The predicted molar refractivity (Wildman–Crippen MR) is 78.7 cm³/mol.